The van der Waals surface area contributed by atoms with Crippen LogP contribution >= 0.6 is 0 Å². The van der Waals surface area contributed by atoms with Crippen molar-refractivity contribution < 1.29 is 24.0 Å². The number of hydrogen-bond donors (Lipinski definition) is 1. The predicted octanol–water partition coefficient (Wildman–Crippen LogP) is 4.64. The molecule has 9 nitrogen and oxygen atoms in total. The molecule has 1 N–H and O–H groups in total. The van der Waals surface area contributed by atoms with Crippen LogP contribution < -0.4 is 14.9 Å². The number of hydrazone groups is 1. The number of rotatable bonds is 8. The lowest BCUT2D eigenvalue weighted by Gasteiger charge is -2.19. The van der Waals surface area contributed by atoms with Crippen molar-refractivity contribution >= 4 is 23.8 Å². The molecule has 3 aromatic rings. The minimum atomic E-state index is -0.637. The second kappa shape index (κ2) is 11.1. The Hall–Kier alpha value is -4.53. The SMILES string of the molecule is CC(C)(C)c1ccc(OCC(=O)N/N=C/c2ccc(OC(=O)c3ccc([N+](=O)[O-])cc3)cc2)cc1. The third kappa shape index (κ3) is 7.50. The summed E-state index contributed by atoms with van der Waals surface area (Å²) >= 11 is 0. The van der Waals surface area contributed by atoms with E-state index in [9.17, 15) is 19.7 Å². The van der Waals surface area contributed by atoms with Gasteiger partial charge in [-0.15, -0.1) is 0 Å². The third-order valence-corrected chi connectivity index (χ3v) is 4.90. The zero-order valence-corrected chi connectivity index (χ0v) is 19.6. The molecule has 0 saturated heterocycles. The Morgan fingerprint density at radius 1 is 0.943 bits per heavy atom. The summed E-state index contributed by atoms with van der Waals surface area (Å²) in [5, 5.41) is 14.6. The summed E-state index contributed by atoms with van der Waals surface area (Å²) in [6, 6.07) is 19.2. The molecular weight excluding hydrogens is 450 g/mol. The van der Waals surface area contributed by atoms with Crippen molar-refractivity contribution in [3.63, 3.8) is 0 Å². The van der Waals surface area contributed by atoms with E-state index in [4.69, 9.17) is 9.47 Å². The van der Waals surface area contributed by atoms with Gasteiger partial charge in [0.1, 0.15) is 11.5 Å². The van der Waals surface area contributed by atoms with Crippen molar-refractivity contribution in [3.8, 4) is 11.5 Å². The molecule has 3 aromatic carbocycles. The van der Waals surface area contributed by atoms with Gasteiger partial charge >= 0.3 is 5.97 Å². The quantitative estimate of drug-likeness (QED) is 0.167. The van der Waals surface area contributed by atoms with Crippen LogP contribution in [0.3, 0.4) is 0 Å². The molecule has 35 heavy (non-hydrogen) atoms. The van der Waals surface area contributed by atoms with E-state index < -0.39 is 16.8 Å². The average molecular weight is 476 g/mol. The van der Waals surface area contributed by atoms with E-state index in [-0.39, 0.29) is 23.3 Å². The molecule has 0 atom stereocenters. The van der Waals surface area contributed by atoms with Crippen molar-refractivity contribution in [2.75, 3.05) is 6.61 Å². The number of ether oxygens (including phenoxy) is 2. The van der Waals surface area contributed by atoms with E-state index in [1.165, 1.54) is 36.0 Å². The van der Waals surface area contributed by atoms with Crippen LogP contribution in [0, 0.1) is 10.1 Å². The minimum Gasteiger partial charge on any atom is -0.484 e. The summed E-state index contributed by atoms with van der Waals surface area (Å²) in [6.07, 6.45) is 1.44. The Balaban J connectivity index is 1.45. The molecule has 1 amide bonds. The first-order chi connectivity index (χ1) is 16.6. The molecule has 0 aliphatic carbocycles. The molecule has 0 fully saturated rings. The van der Waals surface area contributed by atoms with Gasteiger partial charge in [-0.3, -0.25) is 14.9 Å². The van der Waals surface area contributed by atoms with Gasteiger partial charge in [-0.05, 0) is 65.1 Å². The fourth-order valence-corrected chi connectivity index (χ4v) is 2.92. The highest BCUT2D eigenvalue weighted by Gasteiger charge is 2.13. The zero-order chi connectivity index (χ0) is 25.4. The number of nitrogens with zero attached hydrogens (tertiary/aromatic N) is 2. The van der Waals surface area contributed by atoms with Gasteiger partial charge in [0.2, 0.25) is 0 Å². The second-order valence-corrected chi connectivity index (χ2v) is 8.62. The van der Waals surface area contributed by atoms with Crippen molar-refractivity contribution in [2.45, 2.75) is 26.2 Å². The Morgan fingerprint density at radius 3 is 2.11 bits per heavy atom. The molecule has 0 aliphatic rings. The summed E-state index contributed by atoms with van der Waals surface area (Å²) in [4.78, 5) is 34.3. The standard InChI is InChI=1S/C26H25N3O6/c1-26(2,3)20-8-14-22(15-9-20)34-17-24(30)28-27-16-18-4-12-23(13-5-18)35-25(31)19-6-10-21(11-7-19)29(32)33/h4-16H,17H2,1-3H3,(H,28,30)/b27-16+. The van der Waals surface area contributed by atoms with Gasteiger partial charge < -0.3 is 9.47 Å². The molecule has 0 aromatic heterocycles. The number of nitro groups is 1. The normalized spacial score (nSPS) is 11.2. The molecule has 3 rings (SSSR count). The first kappa shape index (κ1) is 25.1. The topological polar surface area (TPSA) is 120 Å². The fourth-order valence-electron chi connectivity index (χ4n) is 2.92. The highest BCUT2D eigenvalue weighted by Crippen LogP contribution is 2.24. The summed E-state index contributed by atoms with van der Waals surface area (Å²) in [7, 11) is 0. The van der Waals surface area contributed by atoms with E-state index in [0.717, 1.165) is 0 Å². The Labute approximate surface area is 202 Å². The van der Waals surface area contributed by atoms with Crippen molar-refractivity contribution in [1.29, 1.82) is 0 Å². The van der Waals surface area contributed by atoms with Gasteiger partial charge in [0, 0.05) is 12.1 Å². The van der Waals surface area contributed by atoms with Crippen LogP contribution in [-0.2, 0) is 10.2 Å². The third-order valence-electron chi connectivity index (χ3n) is 4.90. The number of benzene rings is 3. The van der Waals surface area contributed by atoms with E-state index in [2.05, 4.69) is 31.3 Å². The first-order valence-electron chi connectivity index (χ1n) is 10.7. The molecular formula is C26H25N3O6. The lowest BCUT2D eigenvalue weighted by Crippen LogP contribution is -2.24. The summed E-state index contributed by atoms with van der Waals surface area (Å²) < 4.78 is 10.7. The maximum atomic E-state index is 12.2. The predicted molar refractivity (Wildman–Crippen MR) is 131 cm³/mol. The van der Waals surface area contributed by atoms with Crippen LogP contribution in [0.1, 0.15) is 42.3 Å². The Kier molecular flexibility index (Phi) is 7.93. The average Bonchev–Trinajstić information content (AvgIpc) is 2.83. The Bertz CT molecular complexity index is 1210. The number of non-ortho nitro benzene ring substituents is 1. The molecule has 0 heterocycles. The maximum absolute atomic E-state index is 12.2. The monoisotopic (exact) mass is 475 g/mol. The summed E-state index contributed by atoms with van der Waals surface area (Å²) in [6.45, 7) is 6.19. The van der Waals surface area contributed by atoms with Crippen LogP contribution in [0.2, 0.25) is 0 Å². The summed E-state index contributed by atoms with van der Waals surface area (Å²) in [5.74, 6) is -0.159. The van der Waals surface area contributed by atoms with Crippen LogP contribution in [0.15, 0.2) is 77.9 Å². The van der Waals surface area contributed by atoms with Gasteiger partial charge in [0.15, 0.2) is 6.61 Å². The molecule has 0 bridgehead atoms. The first-order valence-corrected chi connectivity index (χ1v) is 10.7. The number of esters is 1. The molecule has 9 heteroatoms. The van der Waals surface area contributed by atoms with E-state index in [1.807, 2.05) is 24.3 Å². The van der Waals surface area contributed by atoms with Gasteiger partial charge in [-0.1, -0.05) is 32.9 Å². The molecule has 180 valence electrons. The number of amides is 1. The van der Waals surface area contributed by atoms with Gasteiger partial charge in [-0.25, -0.2) is 10.2 Å². The van der Waals surface area contributed by atoms with Crippen LogP contribution in [-0.4, -0.2) is 29.6 Å². The van der Waals surface area contributed by atoms with E-state index in [1.54, 1.807) is 24.3 Å². The van der Waals surface area contributed by atoms with Crippen molar-refractivity contribution in [2.24, 2.45) is 5.10 Å². The van der Waals surface area contributed by atoms with Crippen molar-refractivity contribution in [1.82, 2.24) is 5.43 Å². The molecule has 0 unspecified atom stereocenters. The number of carbonyl (C=O) groups is 2. The smallest absolute Gasteiger partial charge is 0.343 e. The van der Waals surface area contributed by atoms with Crippen LogP contribution in [0.25, 0.3) is 0 Å². The zero-order valence-electron chi connectivity index (χ0n) is 19.6. The maximum Gasteiger partial charge on any atom is 0.343 e. The lowest BCUT2D eigenvalue weighted by molar-refractivity contribution is -0.384. The number of carbonyl (C=O) groups excluding carboxylic acids is 2. The van der Waals surface area contributed by atoms with Gasteiger partial charge in [0.25, 0.3) is 11.6 Å². The summed E-state index contributed by atoms with van der Waals surface area (Å²) in [5.41, 5.74) is 4.35. The number of hydrogen-bond acceptors (Lipinski definition) is 7. The lowest BCUT2D eigenvalue weighted by atomic mass is 9.87. The molecule has 0 radical (unpaired) electrons. The highest BCUT2D eigenvalue weighted by atomic mass is 16.6. The van der Waals surface area contributed by atoms with Gasteiger partial charge in [-0.2, -0.15) is 5.10 Å². The number of nitro benzene ring substituents is 1. The number of nitrogens with one attached hydrogen (secondary N) is 1. The minimum absolute atomic E-state index is 0.0393. The Morgan fingerprint density at radius 2 is 1.54 bits per heavy atom. The van der Waals surface area contributed by atoms with E-state index in [0.29, 0.717) is 17.1 Å². The molecule has 0 saturated carbocycles. The van der Waals surface area contributed by atoms with Crippen LogP contribution in [0.4, 0.5) is 5.69 Å². The van der Waals surface area contributed by atoms with E-state index >= 15 is 0 Å². The van der Waals surface area contributed by atoms with Crippen LogP contribution in [0.5, 0.6) is 11.5 Å². The fraction of sp³-hybridized carbons (Fsp3) is 0.192. The largest absolute Gasteiger partial charge is 0.484 e. The highest BCUT2D eigenvalue weighted by molar-refractivity contribution is 5.91. The molecule has 0 aliphatic heterocycles. The van der Waals surface area contributed by atoms with Crippen molar-refractivity contribution in [3.05, 3.63) is 99.6 Å². The molecule has 0 spiro atoms. The second-order valence-electron chi connectivity index (χ2n) is 8.62. The van der Waals surface area contributed by atoms with Gasteiger partial charge in [0.05, 0.1) is 16.7 Å².